The lowest BCUT2D eigenvalue weighted by atomic mass is 10.0. The average molecular weight is 1700 g/mol. The number of ether oxygens (including phenoxy) is 12. The summed E-state index contributed by atoms with van der Waals surface area (Å²) in [4.78, 5) is 0. The van der Waals surface area contributed by atoms with Gasteiger partial charge in [0.1, 0.15) is 72.4 Å². The fourth-order valence-electron chi connectivity index (χ4n) is 15.6. The van der Waals surface area contributed by atoms with E-state index in [0.29, 0.717) is 141 Å². The van der Waals surface area contributed by atoms with Gasteiger partial charge in [0.2, 0.25) is 0 Å². The summed E-state index contributed by atoms with van der Waals surface area (Å²) >= 11 is 0. The minimum atomic E-state index is 0.278. The molecule has 0 atom stereocenters. The Morgan fingerprint density at radius 2 is 0.443 bits per heavy atom. The standard InChI is InChI=1S/C108H178N2O12/c1-5-9-13-17-21-25-29-33-37-41-45-49-53-57-77-115-103-69-71-105(119-79-59-55-51-47-43-39-35-31-27-23-19-15-11-7-3)97(93-103)61-63-99-95-108-100(96-107(99)121-91-87-113-83-75-109-73-81-111-85-89-117-101-65-67-102(68-66-101)118-90-86-112-82-74-110-76-84-114-88-92-122-108)64-62-98-94-104(116-78-58-54-50-46-42-38-34-30-26-22-18-14-10-6-2)70-72-106(98)120-80-60-56-52-48-44-40-36-32-28-24-20-16-12-8-4/h65-72,93-96,109-110H,5-60,73-92H2,1-4H3. The van der Waals surface area contributed by atoms with E-state index < -0.39 is 0 Å². The van der Waals surface area contributed by atoms with E-state index in [1.54, 1.807) is 0 Å². The summed E-state index contributed by atoms with van der Waals surface area (Å²) in [5.41, 5.74) is 2.82. The first-order valence-corrected chi connectivity index (χ1v) is 50.9. The van der Waals surface area contributed by atoms with Gasteiger partial charge in [-0.3, -0.25) is 0 Å². The molecule has 0 saturated carbocycles. The lowest BCUT2D eigenvalue weighted by Crippen LogP contribution is -2.25. The minimum absolute atomic E-state index is 0.278. The Bertz CT molecular complexity index is 2930. The molecule has 0 amide bonds. The predicted octanol–water partition coefficient (Wildman–Crippen LogP) is 28.4. The maximum absolute atomic E-state index is 6.80. The molecular weight excluding hydrogens is 1520 g/mol. The molecule has 692 valence electrons. The number of unbranched alkanes of at least 4 members (excludes halogenated alkanes) is 52. The molecule has 2 N–H and O–H groups in total. The molecule has 14 nitrogen and oxygen atoms in total. The van der Waals surface area contributed by atoms with Crippen molar-refractivity contribution in [3.63, 3.8) is 0 Å². The van der Waals surface area contributed by atoms with Gasteiger partial charge in [-0.1, -0.05) is 385 Å². The van der Waals surface area contributed by atoms with Gasteiger partial charge in [-0.15, -0.1) is 0 Å². The number of hydrogen-bond donors (Lipinski definition) is 2. The first kappa shape index (κ1) is 107. The molecule has 0 aliphatic carbocycles. The number of benzene rings is 4. The molecule has 0 unspecified atom stereocenters. The molecule has 4 heterocycles. The predicted molar refractivity (Wildman–Crippen MR) is 512 cm³/mol. The van der Waals surface area contributed by atoms with Crippen molar-refractivity contribution in [3.8, 4) is 69.7 Å². The molecule has 8 rings (SSSR count). The zero-order valence-corrected chi connectivity index (χ0v) is 78.6. The van der Waals surface area contributed by atoms with E-state index in [2.05, 4.69) is 74.1 Å². The Labute approximate surface area is 747 Å². The normalized spacial score (nSPS) is 13.8. The Morgan fingerprint density at radius 3 is 0.697 bits per heavy atom. The Balaban J connectivity index is 1.41. The van der Waals surface area contributed by atoms with Crippen molar-refractivity contribution in [2.45, 2.75) is 387 Å². The summed E-state index contributed by atoms with van der Waals surface area (Å²) in [5.74, 6) is 20.1. The fourth-order valence-corrected chi connectivity index (χ4v) is 15.6. The van der Waals surface area contributed by atoms with E-state index in [9.17, 15) is 0 Å². The van der Waals surface area contributed by atoms with Crippen LogP contribution in [0.2, 0.25) is 0 Å². The topological polar surface area (TPSA) is 135 Å². The highest BCUT2D eigenvalue weighted by molar-refractivity contribution is 5.63. The van der Waals surface area contributed by atoms with E-state index in [4.69, 9.17) is 56.8 Å². The smallest absolute Gasteiger partial charge is 0.136 e. The third-order valence-electron chi connectivity index (χ3n) is 23.2. The van der Waals surface area contributed by atoms with Gasteiger partial charge in [0.15, 0.2) is 0 Å². The van der Waals surface area contributed by atoms with Crippen molar-refractivity contribution in [3.05, 3.63) is 95.1 Å². The second-order valence-electron chi connectivity index (χ2n) is 34.3. The minimum Gasteiger partial charge on any atom is -0.494 e. The molecule has 4 aliphatic rings. The van der Waals surface area contributed by atoms with Crippen molar-refractivity contribution >= 4 is 0 Å². The van der Waals surface area contributed by atoms with Gasteiger partial charge in [0.05, 0.1) is 102 Å². The Kier molecular flexibility index (Phi) is 70.8. The van der Waals surface area contributed by atoms with E-state index in [0.717, 1.165) is 97.0 Å². The van der Waals surface area contributed by atoms with Crippen LogP contribution in [0.5, 0.6) is 46.0 Å². The fraction of sp³-hybridized carbons (Fsp3) is 0.741. The quantitative estimate of drug-likeness (QED) is 0.0321. The van der Waals surface area contributed by atoms with Crippen molar-refractivity contribution in [1.29, 1.82) is 0 Å². The molecule has 14 heteroatoms. The first-order valence-electron chi connectivity index (χ1n) is 50.9. The van der Waals surface area contributed by atoms with E-state index in [1.165, 1.54) is 308 Å². The van der Waals surface area contributed by atoms with Gasteiger partial charge in [-0.2, -0.15) is 0 Å². The van der Waals surface area contributed by atoms with E-state index in [-0.39, 0.29) is 13.2 Å². The molecule has 0 spiro atoms. The highest BCUT2D eigenvalue weighted by Crippen LogP contribution is 2.33. The largest absolute Gasteiger partial charge is 0.494 e. The summed E-state index contributed by atoms with van der Waals surface area (Å²) in [6.45, 7) is 19.6. The van der Waals surface area contributed by atoms with Crippen LogP contribution in [0.4, 0.5) is 0 Å². The van der Waals surface area contributed by atoms with Gasteiger partial charge in [0, 0.05) is 38.3 Å². The summed E-state index contributed by atoms with van der Waals surface area (Å²) in [7, 11) is 0. The van der Waals surface area contributed by atoms with E-state index in [1.807, 2.05) is 60.7 Å². The average Bonchev–Trinajstić information content (AvgIpc) is 0.815. The van der Waals surface area contributed by atoms with Crippen LogP contribution in [-0.4, -0.2) is 132 Å². The molecule has 122 heavy (non-hydrogen) atoms. The number of rotatable bonds is 64. The SMILES string of the molecule is CCCCCCCCCCCCCCCCOc1ccc(OCCCCCCCCCCCCCCCC)c(C#Cc2cc3c(C#Cc4cc(OCCCCCCCCCCCCCCCC)ccc4OCCCCCCCCCCCCCCCC)cc2OCCOCCNCCOCCOc2ccc(cc2)OCCOCCNCCOCCO3)c1. The molecule has 0 fully saturated rings. The van der Waals surface area contributed by atoms with Crippen molar-refractivity contribution < 1.29 is 56.8 Å². The lowest BCUT2D eigenvalue weighted by molar-refractivity contribution is 0.0895. The monoisotopic (exact) mass is 1700 g/mol. The third-order valence-corrected chi connectivity index (χ3v) is 23.2. The van der Waals surface area contributed by atoms with Gasteiger partial charge >= 0.3 is 0 Å². The van der Waals surface area contributed by atoms with Crippen molar-refractivity contribution in [2.75, 3.05) is 132 Å². The van der Waals surface area contributed by atoms with Gasteiger partial charge in [-0.05, 0) is 86.3 Å². The Morgan fingerprint density at radius 1 is 0.221 bits per heavy atom. The van der Waals surface area contributed by atoms with Crippen LogP contribution in [0.15, 0.2) is 72.8 Å². The second-order valence-corrected chi connectivity index (χ2v) is 34.3. The zero-order valence-electron chi connectivity index (χ0n) is 78.6. The molecule has 4 aliphatic heterocycles. The maximum Gasteiger partial charge on any atom is 0.136 e. The Hall–Kier alpha value is -5.84. The maximum atomic E-state index is 6.80. The van der Waals surface area contributed by atoms with Crippen LogP contribution in [0.25, 0.3) is 0 Å². The van der Waals surface area contributed by atoms with Crippen LogP contribution in [-0.2, 0) is 18.9 Å². The van der Waals surface area contributed by atoms with Gasteiger partial charge in [0.25, 0.3) is 0 Å². The van der Waals surface area contributed by atoms with Crippen molar-refractivity contribution in [2.24, 2.45) is 0 Å². The number of nitrogens with one attached hydrogen (secondary N) is 2. The van der Waals surface area contributed by atoms with Crippen LogP contribution < -0.4 is 48.5 Å². The van der Waals surface area contributed by atoms with Crippen molar-refractivity contribution in [1.82, 2.24) is 10.6 Å². The molecule has 4 aromatic rings. The molecule has 0 radical (unpaired) electrons. The van der Waals surface area contributed by atoms with Crippen LogP contribution in [0, 0.1) is 23.7 Å². The molecule has 4 bridgehead atoms. The molecule has 0 saturated heterocycles. The van der Waals surface area contributed by atoms with E-state index >= 15 is 0 Å². The third kappa shape index (κ3) is 59.9. The number of hydrogen-bond acceptors (Lipinski definition) is 14. The molecule has 4 aromatic carbocycles. The van der Waals surface area contributed by atoms with Gasteiger partial charge in [-0.25, -0.2) is 0 Å². The van der Waals surface area contributed by atoms with Crippen LogP contribution in [0.3, 0.4) is 0 Å². The summed E-state index contributed by atoms with van der Waals surface area (Å²) < 4.78 is 76.2. The zero-order chi connectivity index (χ0) is 85.9. The lowest BCUT2D eigenvalue weighted by Gasteiger charge is -2.15. The second kappa shape index (κ2) is 81.0. The van der Waals surface area contributed by atoms with Crippen LogP contribution >= 0.6 is 0 Å². The summed E-state index contributed by atoms with van der Waals surface area (Å²) in [6, 6.07) is 23.9. The summed E-state index contributed by atoms with van der Waals surface area (Å²) in [5, 5.41) is 6.90. The van der Waals surface area contributed by atoms with Gasteiger partial charge < -0.3 is 67.5 Å². The summed E-state index contributed by atoms with van der Waals surface area (Å²) in [6.07, 6.45) is 73.4. The molecule has 0 aromatic heterocycles. The highest BCUT2D eigenvalue weighted by atomic mass is 16.5. The highest BCUT2D eigenvalue weighted by Gasteiger charge is 2.15. The van der Waals surface area contributed by atoms with Crippen LogP contribution in [0.1, 0.15) is 410 Å². The first-order chi connectivity index (χ1) is 60.6. The molecular formula is C108H178N2O12.